The van der Waals surface area contributed by atoms with Gasteiger partial charge in [0.05, 0.1) is 25.4 Å². The van der Waals surface area contributed by atoms with Crippen molar-refractivity contribution in [2.24, 2.45) is 0 Å². The number of rotatable bonds is 5. The molecule has 5 heteroatoms. The van der Waals surface area contributed by atoms with Crippen LogP contribution in [0.3, 0.4) is 0 Å². The number of ether oxygens (including phenoxy) is 2. The Morgan fingerprint density at radius 1 is 1.11 bits per heavy atom. The Hall–Kier alpha value is -3.34. The highest BCUT2D eigenvalue weighted by molar-refractivity contribution is 6.23. The second kappa shape index (κ2) is 8.13. The number of benzene rings is 2. The first-order chi connectivity index (χ1) is 13.5. The van der Waals surface area contributed by atoms with Crippen molar-refractivity contribution in [1.29, 1.82) is 0 Å². The van der Waals surface area contributed by atoms with E-state index in [0.29, 0.717) is 17.0 Å². The standard InChI is InChI=1S/C23H23NO4/c1-5-16-9-11-18(12-10-16)24-15(2)21(23(26)28-4)20(22(24)25)14-17-7-6-8-19(13-17)27-3/h6-14H,5H2,1-4H3/b20-14-. The van der Waals surface area contributed by atoms with Gasteiger partial charge >= 0.3 is 5.97 Å². The molecule has 0 fully saturated rings. The van der Waals surface area contributed by atoms with Gasteiger partial charge in [-0.2, -0.15) is 0 Å². The van der Waals surface area contributed by atoms with Gasteiger partial charge in [0.1, 0.15) is 5.75 Å². The van der Waals surface area contributed by atoms with Crippen LogP contribution in [0.2, 0.25) is 0 Å². The summed E-state index contributed by atoms with van der Waals surface area (Å²) < 4.78 is 10.2. The summed E-state index contributed by atoms with van der Waals surface area (Å²) in [5.41, 5.74) is 3.79. The number of amides is 1. The summed E-state index contributed by atoms with van der Waals surface area (Å²) in [5.74, 6) is -0.121. The van der Waals surface area contributed by atoms with Crippen LogP contribution in [0.4, 0.5) is 5.69 Å². The largest absolute Gasteiger partial charge is 0.497 e. The van der Waals surface area contributed by atoms with Crippen LogP contribution in [0.25, 0.3) is 6.08 Å². The van der Waals surface area contributed by atoms with E-state index in [1.807, 2.05) is 48.5 Å². The second-order valence-corrected chi connectivity index (χ2v) is 6.45. The molecular weight excluding hydrogens is 354 g/mol. The number of aryl methyl sites for hydroxylation is 1. The van der Waals surface area contributed by atoms with Gasteiger partial charge < -0.3 is 9.47 Å². The average Bonchev–Trinajstić information content (AvgIpc) is 2.97. The molecule has 144 valence electrons. The van der Waals surface area contributed by atoms with Gasteiger partial charge in [-0.3, -0.25) is 9.69 Å². The van der Waals surface area contributed by atoms with Crippen LogP contribution in [0.15, 0.2) is 65.4 Å². The molecule has 1 heterocycles. The molecule has 5 nitrogen and oxygen atoms in total. The van der Waals surface area contributed by atoms with E-state index in [2.05, 4.69) is 6.92 Å². The minimum atomic E-state index is -0.535. The van der Waals surface area contributed by atoms with Gasteiger partial charge in [-0.15, -0.1) is 0 Å². The zero-order chi connectivity index (χ0) is 20.3. The molecule has 0 aliphatic carbocycles. The zero-order valence-electron chi connectivity index (χ0n) is 16.5. The number of anilines is 1. The maximum atomic E-state index is 13.2. The molecule has 2 aromatic carbocycles. The highest BCUT2D eigenvalue weighted by Crippen LogP contribution is 2.35. The lowest BCUT2D eigenvalue weighted by atomic mass is 10.0. The van der Waals surface area contributed by atoms with E-state index >= 15 is 0 Å². The third-order valence-electron chi connectivity index (χ3n) is 4.80. The Morgan fingerprint density at radius 3 is 2.43 bits per heavy atom. The lowest BCUT2D eigenvalue weighted by Gasteiger charge is -2.18. The third-order valence-corrected chi connectivity index (χ3v) is 4.80. The van der Waals surface area contributed by atoms with E-state index in [1.54, 1.807) is 25.0 Å². The lowest BCUT2D eigenvalue weighted by Crippen LogP contribution is -2.24. The van der Waals surface area contributed by atoms with E-state index < -0.39 is 5.97 Å². The molecule has 0 unspecified atom stereocenters. The molecule has 0 radical (unpaired) electrons. The normalized spacial score (nSPS) is 15.4. The van der Waals surface area contributed by atoms with Gasteiger partial charge in [-0.1, -0.05) is 31.2 Å². The van der Waals surface area contributed by atoms with Gasteiger partial charge in [0.25, 0.3) is 5.91 Å². The lowest BCUT2D eigenvalue weighted by molar-refractivity contribution is -0.136. The molecular formula is C23H23NO4. The SMILES string of the molecule is CCc1ccc(N2C(=O)/C(=C\c3cccc(OC)c3)C(C(=O)OC)=C2C)cc1. The zero-order valence-corrected chi connectivity index (χ0v) is 16.5. The van der Waals surface area contributed by atoms with E-state index in [-0.39, 0.29) is 11.5 Å². The third kappa shape index (κ3) is 3.56. The Morgan fingerprint density at radius 2 is 1.82 bits per heavy atom. The molecule has 28 heavy (non-hydrogen) atoms. The highest BCUT2D eigenvalue weighted by Gasteiger charge is 2.37. The van der Waals surface area contributed by atoms with Crippen LogP contribution in [0.1, 0.15) is 25.0 Å². The van der Waals surface area contributed by atoms with Crippen molar-refractivity contribution in [2.75, 3.05) is 19.1 Å². The summed E-state index contributed by atoms with van der Waals surface area (Å²) in [6, 6.07) is 15.1. The summed E-state index contributed by atoms with van der Waals surface area (Å²) in [4.78, 5) is 27.2. The van der Waals surface area contributed by atoms with Gasteiger partial charge in [0.2, 0.25) is 0 Å². The maximum absolute atomic E-state index is 13.2. The van der Waals surface area contributed by atoms with Crippen molar-refractivity contribution >= 4 is 23.6 Å². The molecule has 1 aliphatic heterocycles. The van der Waals surface area contributed by atoms with Crippen molar-refractivity contribution in [2.45, 2.75) is 20.3 Å². The smallest absolute Gasteiger partial charge is 0.340 e. The predicted molar refractivity (Wildman–Crippen MR) is 109 cm³/mol. The van der Waals surface area contributed by atoms with Crippen LogP contribution < -0.4 is 9.64 Å². The van der Waals surface area contributed by atoms with Gasteiger partial charge in [0, 0.05) is 11.4 Å². The Bertz CT molecular complexity index is 970. The topological polar surface area (TPSA) is 55.8 Å². The quantitative estimate of drug-likeness (QED) is 0.581. The van der Waals surface area contributed by atoms with Crippen LogP contribution in [-0.4, -0.2) is 26.1 Å². The van der Waals surface area contributed by atoms with Gasteiger partial charge in [-0.25, -0.2) is 4.79 Å². The minimum absolute atomic E-state index is 0.259. The minimum Gasteiger partial charge on any atom is -0.497 e. The molecule has 0 aromatic heterocycles. The fraction of sp³-hybridized carbons (Fsp3) is 0.217. The van der Waals surface area contributed by atoms with Crippen molar-refractivity contribution in [1.82, 2.24) is 0 Å². The van der Waals surface area contributed by atoms with Crippen molar-refractivity contribution in [3.05, 3.63) is 76.5 Å². The average molecular weight is 377 g/mol. The summed E-state index contributed by atoms with van der Waals surface area (Å²) in [7, 11) is 2.90. The van der Waals surface area contributed by atoms with E-state index in [9.17, 15) is 9.59 Å². The Kier molecular flexibility index (Phi) is 5.64. The first-order valence-corrected chi connectivity index (χ1v) is 9.08. The molecule has 0 saturated carbocycles. The highest BCUT2D eigenvalue weighted by atomic mass is 16.5. The van der Waals surface area contributed by atoms with Gasteiger partial charge in [-0.05, 0) is 54.8 Å². The summed E-state index contributed by atoms with van der Waals surface area (Å²) in [5, 5.41) is 0. The van der Waals surface area contributed by atoms with Crippen molar-refractivity contribution < 1.29 is 19.1 Å². The fourth-order valence-corrected chi connectivity index (χ4v) is 3.27. The van der Waals surface area contributed by atoms with Crippen molar-refractivity contribution in [3.8, 4) is 5.75 Å². The van der Waals surface area contributed by atoms with Crippen LogP contribution in [0, 0.1) is 0 Å². The van der Waals surface area contributed by atoms with E-state index in [1.165, 1.54) is 12.7 Å². The summed E-state index contributed by atoms with van der Waals surface area (Å²) >= 11 is 0. The Balaban J connectivity index is 2.10. The number of allylic oxidation sites excluding steroid dienone is 1. The first-order valence-electron chi connectivity index (χ1n) is 9.08. The molecule has 1 aliphatic rings. The number of hydrogen-bond donors (Lipinski definition) is 0. The molecule has 0 atom stereocenters. The molecule has 0 N–H and O–H groups in total. The van der Waals surface area contributed by atoms with Crippen LogP contribution in [0.5, 0.6) is 5.75 Å². The van der Waals surface area contributed by atoms with Gasteiger partial charge in [0.15, 0.2) is 0 Å². The van der Waals surface area contributed by atoms with Crippen LogP contribution in [-0.2, 0) is 20.7 Å². The van der Waals surface area contributed by atoms with E-state index in [4.69, 9.17) is 9.47 Å². The molecule has 0 spiro atoms. The van der Waals surface area contributed by atoms with Crippen LogP contribution >= 0.6 is 0 Å². The maximum Gasteiger partial charge on any atom is 0.340 e. The number of methoxy groups -OCH3 is 2. The Labute approximate surface area is 164 Å². The monoisotopic (exact) mass is 377 g/mol. The summed E-state index contributed by atoms with van der Waals surface area (Å²) in [6.07, 6.45) is 2.61. The summed E-state index contributed by atoms with van der Waals surface area (Å²) in [6.45, 7) is 3.83. The molecule has 2 aromatic rings. The second-order valence-electron chi connectivity index (χ2n) is 6.45. The number of hydrogen-bond acceptors (Lipinski definition) is 4. The number of carbonyl (C=O) groups is 2. The number of nitrogens with zero attached hydrogens (tertiary/aromatic N) is 1. The molecule has 1 amide bonds. The number of carbonyl (C=O) groups excluding carboxylic acids is 2. The number of esters is 1. The molecule has 3 rings (SSSR count). The molecule has 0 bridgehead atoms. The molecule has 0 saturated heterocycles. The van der Waals surface area contributed by atoms with Crippen molar-refractivity contribution in [3.63, 3.8) is 0 Å². The first kappa shape index (κ1) is 19.4. The van der Waals surface area contributed by atoms with E-state index in [0.717, 1.165) is 17.7 Å². The predicted octanol–water partition coefficient (Wildman–Crippen LogP) is 4.13. The fourth-order valence-electron chi connectivity index (χ4n) is 3.27.